The zero-order valence-electron chi connectivity index (χ0n) is 14.8. The Kier molecular flexibility index (Phi) is 7.29. The lowest BCUT2D eigenvalue weighted by molar-refractivity contribution is -0.148. The highest BCUT2D eigenvalue weighted by atomic mass is 35.5. The predicted octanol–water partition coefficient (Wildman–Crippen LogP) is 0.561. The molecule has 2 fully saturated rings. The molecule has 2 rings (SSSR count). The molecule has 2 saturated heterocycles. The fraction of sp³-hybridized carbons (Fsp3) is 0.875. The lowest BCUT2D eigenvalue weighted by atomic mass is 9.96. The van der Waals surface area contributed by atoms with Crippen LogP contribution in [0.1, 0.15) is 34.1 Å². The smallest absolute Gasteiger partial charge is 0.237 e. The molecule has 0 aromatic heterocycles. The number of carbonyl (C=O) groups is 2. The van der Waals surface area contributed by atoms with Crippen LogP contribution in [0.25, 0.3) is 0 Å². The number of piperazine rings is 2. The molecule has 0 aliphatic carbocycles. The molecule has 2 amide bonds. The summed E-state index contributed by atoms with van der Waals surface area (Å²) in [4.78, 5) is 30.6. The molecule has 0 saturated carbocycles. The Labute approximate surface area is 146 Å². The van der Waals surface area contributed by atoms with E-state index in [9.17, 15) is 9.59 Å². The van der Waals surface area contributed by atoms with Crippen LogP contribution in [0.5, 0.6) is 0 Å². The average molecular weight is 347 g/mol. The van der Waals surface area contributed by atoms with Crippen molar-refractivity contribution in [2.75, 3.05) is 45.8 Å². The number of rotatable bonds is 4. The normalized spacial score (nSPS) is 22.2. The predicted molar refractivity (Wildman–Crippen MR) is 93.8 cm³/mol. The van der Waals surface area contributed by atoms with Crippen LogP contribution < -0.4 is 5.32 Å². The van der Waals surface area contributed by atoms with Crippen molar-refractivity contribution in [3.8, 4) is 0 Å². The fourth-order valence-corrected chi connectivity index (χ4v) is 3.76. The van der Waals surface area contributed by atoms with Crippen LogP contribution in [0.4, 0.5) is 0 Å². The summed E-state index contributed by atoms with van der Waals surface area (Å²) in [7, 11) is 0. The molecule has 0 spiro atoms. The minimum Gasteiger partial charge on any atom is -0.340 e. The topological polar surface area (TPSA) is 55.9 Å². The highest BCUT2D eigenvalue weighted by molar-refractivity contribution is 5.85. The largest absolute Gasteiger partial charge is 0.340 e. The second kappa shape index (κ2) is 8.31. The van der Waals surface area contributed by atoms with Crippen molar-refractivity contribution >= 4 is 24.2 Å². The van der Waals surface area contributed by atoms with Crippen molar-refractivity contribution in [3.63, 3.8) is 0 Å². The van der Waals surface area contributed by atoms with Gasteiger partial charge in [0.2, 0.25) is 11.8 Å². The van der Waals surface area contributed by atoms with E-state index in [0.29, 0.717) is 19.5 Å². The van der Waals surface area contributed by atoms with E-state index in [4.69, 9.17) is 0 Å². The molecule has 7 heteroatoms. The van der Waals surface area contributed by atoms with E-state index in [1.54, 1.807) is 0 Å². The number of carbonyl (C=O) groups excluding carboxylic acids is 2. The lowest BCUT2D eigenvalue weighted by Gasteiger charge is -2.49. The van der Waals surface area contributed by atoms with E-state index in [0.717, 1.165) is 32.7 Å². The van der Waals surface area contributed by atoms with Gasteiger partial charge in [-0.1, -0.05) is 0 Å². The van der Waals surface area contributed by atoms with E-state index >= 15 is 0 Å². The maximum Gasteiger partial charge on any atom is 0.237 e. The van der Waals surface area contributed by atoms with Crippen LogP contribution in [0.15, 0.2) is 0 Å². The Morgan fingerprint density at radius 2 is 1.87 bits per heavy atom. The minimum absolute atomic E-state index is 0. The maximum atomic E-state index is 12.4. The number of hydrogen-bond acceptors (Lipinski definition) is 4. The van der Waals surface area contributed by atoms with Crippen LogP contribution >= 0.6 is 12.4 Å². The van der Waals surface area contributed by atoms with Gasteiger partial charge < -0.3 is 15.1 Å². The van der Waals surface area contributed by atoms with Crippen molar-refractivity contribution in [2.45, 2.75) is 45.7 Å². The second-order valence-corrected chi connectivity index (χ2v) is 7.26. The van der Waals surface area contributed by atoms with Gasteiger partial charge in [-0.2, -0.15) is 0 Å². The summed E-state index contributed by atoms with van der Waals surface area (Å²) in [6, 6.07) is 0.215. The first-order valence-electron chi connectivity index (χ1n) is 8.34. The van der Waals surface area contributed by atoms with Crippen molar-refractivity contribution < 1.29 is 9.59 Å². The van der Waals surface area contributed by atoms with Crippen molar-refractivity contribution in [1.29, 1.82) is 0 Å². The van der Waals surface area contributed by atoms with Gasteiger partial charge >= 0.3 is 0 Å². The molecule has 0 unspecified atom stereocenters. The van der Waals surface area contributed by atoms with Gasteiger partial charge in [-0.15, -0.1) is 12.4 Å². The summed E-state index contributed by atoms with van der Waals surface area (Å²) >= 11 is 0. The number of halogens is 1. The molecule has 0 radical (unpaired) electrons. The Morgan fingerprint density at radius 1 is 1.26 bits per heavy atom. The SMILES string of the molecule is CC(C)N1C(=O)CN(CCC(=O)N2CCNCC2)CC1(C)C.Cl. The molecule has 0 aromatic carbocycles. The summed E-state index contributed by atoms with van der Waals surface area (Å²) in [5, 5.41) is 3.25. The molecule has 6 nitrogen and oxygen atoms in total. The van der Waals surface area contributed by atoms with Gasteiger partial charge in [0, 0.05) is 51.7 Å². The first kappa shape index (κ1) is 20.2. The third kappa shape index (κ3) is 5.06. The van der Waals surface area contributed by atoms with Gasteiger partial charge in [0.05, 0.1) is 12.1 Å². The molecule has 2 heterocycles. The van der Waals surface area contributed by atoms with E-state index in [1.165, 1.54) is 0 Å². The molecule has 0 aromatic rings. The van der Waals surface area contributed by atoms with Crippen LogP contribution in [0.3, 0.4) is 0 Å². The molecule has 134 valence electrons. The van der Waals surface area contributed by atoms with Gasteiger partial charge in [-0.25, -0.2) is 0 Å². The van der Waals surface area contributed by atoms with Crippen molar-refractivity contribution in [3.05, 3.63) is 0 Å². The average Bonchev–Trinajstić information content (AvgIpc) is 2.43. The molecule has 2 aliphatic heterocycles. The zero-order chi connectivity index (χ0) is 16.3. The van der Waals surface area contributed by atoms with Gasteiger partial charge in [0.1, 0.15) is 0 Å². The zero-order valence-corrected chi connectivity index (χ0v) is 15.6. The number of hydrogen-bond donors (Lipinski definition) is 1. The first-order valence-corrected chi connectivity index (χ1v) is 8.34. The minimum atomic E-state index is -0.179. The molecule has 2 aliphatic rings. The van der Waals surface area contributed by atoms with Gasteiger partial charge in [0.15, 0.2) is 0 Å². The summed E-state index contributed by atoms with van der Waals surface area (Å²) in [6.07, 6.45) is 0.505. The molecule has 1 N–H and O–H groups in total. The Balaban J connectivity index is 0.00000264. The standard InChI is InChI=1S/C16H30N4O2.ClH/c1-13(2)20-15(22)11-18(12-16(20,3)4)8-5-14(21)19-9-6-17-7-10-19;/h13,17H,5-12H2,1-4H3;1H. The summed E-state index contributed by atoms with van der Waals surface area (Å²) < 4.78 is 0. The van der Waals surface area contributed by atoms with Crippen LogP contribution in [-0.4, -0.2) is 83.9 Å². The van der Waals surface area contributed by atoms with Gasteiger partial charge in [0.25, 0.3) is 0 Å². The Morgan fingerprint density at radius 3 is 2.39 bits per heavy atom. The maximum absolute atomic E-state index is 12.4. The molecular weight excluding hydrogens is 316 g/mol. The van der Waals surface area contributed by atoms with Gasteiger partial charge in [-0.05, 0) is 27.7 Å². The molecule has 23 heavy (non-hydrogen) atoms. The fourth-order valence-electron chi connectivity index (χ4n) is 3.76. The second-order valence-electron chi connectivity index (χ2n) is 7.26. The highest BCUT2D eigenvalue weighted by Crippen LogP contribution is 2.24. The van der Waals surface area contributed by atoms with E-state index in [-0.39, 0.29) is 35.8 Å². The molecule has 0 atom stereocenters. The van der Waals surface area contributed by atoms with E-state index in [1.807, 2.05) is 9.80 Å². The van der Waals surface area contributed by atoms with E-state index < -0.39 is 0 Å². The number of amides is 2. The number of nitrogens with one attached hydrogen (secondary N) is 1. The van der Waals surface area contributed by atoms with Crippen molar-refractivity contribution in [1.82, 2.24) is 20.0 Å². The summed E-state index contributed by atoms with van der Waals surface area (Å²) in [5.74, 6) is 0.374. The lowest BCUT2D eigenvalue weighted by Crippen LogP contribution is -2.64. The highest BCUT2D eigenvalue weighted by Gasteiger charge is 2.39. The molecule has 0 bridgehead atoms. The summed E-state index contributed by atoms with van der Waals surface area (Å²) in [5.41, 5.74) is -0.179. The third-order valence-corrected chi connectivity index (χ3v) is 4.52. The Bertz CT molecular complexity index is 422. The summed E-state index contributed by atoms with van der Waals surface area (Å²) in [6.45, 7) is 13.6. The number of nitrogens with zero attached hydrogens (tertiary/aromatic N) is 3. The quantitative estimate of drug-likeness (QED) is 0.808. The monoisotopic (exact) mass is 346 g/mol. The Hall–Kier alpha value is -0.850. The van der Waals surface area contributed by atoms with Gasteiger partial charge in [-0.3, -0.25) is 14.5 Å². The first-order chi connectivity index (χ1) is 10.3. The van der Waals surface area contributed by atoms with Crippen LogP contribution in [-0.2, 0) is 9.59 Å². The molecular formula is C16H31ClN4O2. The van der Waals surface area contributed by atoms with Crippen LogP contribution in [0.2, 0.25) is 0 Å². The van der Waals surface area contributed by atoms with Crippen LogP contribution in [0, 0.1) is 0 Å². The van der Waals surface area contributed by atoms with Crippen molar-refractivity contribution in [2.24, 2.45) is 0 Å². The third-order valence-electron chi connectivity index (χ3n) is 4.52. The van der Waals surface area contributed by atoms with E-state index in [2.05, 4.69) is 37.9 Å².